The third-order valence-electron chi connectivity index (χ3n) is 3.61. The quantitative estimate of drug-likeness (QED) is 0.799. The third kappa shape index (κ3) is 4.00. The highest BCUT2D eigenvalue weighted by atomic mass is 35.5. The van der Waals surface area contributed by atoms with E-state index in [2.05, 4.69) is 15.5 Å². The average molecular weight is 354 g/mol. The lowest BCUT2D eigenvalue weighted by molar-refractivity contribution is -0.121. The van der Waals surface area contributed by atoms with Gasteiger partial charge in [-0.3, -0.25) is 4.79 Å². The topological polar surface area (TPSA) is 54.9 Å². The van der Waals surface area contributed by atoms with Crippen molar-refractivity contribution in [2.75, 3.05) is 0 Å². The standard InChI is InChI=1S/C15H16ClN3OS2/c1-9(22-15-19-17-8-21-15)14(20)18-13(10-2-3-10)11-4-6-12(16)7-5-11/h4-10,13H,2-3H2,1H3,(H,18,20)/t9-,13-/m0/s1. The molecule has 1 heterocycles. The molecule has 0 radical (unpaired) electrons. The number of hydrogen-bond donors (Lipinski definition) is 1. The van der Waals surface area contributed by atoms with E-state index in [0.717, 1.165) is 22.7 Å². The Morgan fingerprint density at radius 3 is 2.73 bits per heavy atom. The zero-order chi connectivity index (χ0) is 15.5. The van der Waals surface area contributed by atoms with Crippen LogP contribution >= 0.6 is 34.7 Å². The highest BCUT2D eigenvalue weighted by Crippen LogP contribution is 2.41. The Morgan fingerprint density at radius 2 is 2.14 bits per heavy atom. The molecular weight excluding hydrogens is 338 g/mol. The second kappa shape index (κ2) is 6.98. The number of aromatic nitrogens is 2. The Morgan fingerprint density at radius 1 is 1.41 bits per heavy atom. The number of rotatable bonds is 6. The lowest BCUT2D eigenvalue weighted by Gasteiger charge is -2.21. The average Bonchev–Trinajstić information content (AvgIpc) is 3.23. The van der Waals surface area contributed by atoms with Gasteiger partial charge in [-0.05, 0) is 43.4 Å². The van der Waals surface area contributed by atoms with E-state index in [1.54, 1.807) is 5.51 Å². The van der Waals surface area contributed by atoms with Crippen molar-refractivity contribution in [1.29, 1.82) is 0 Å². The van der Waals surface area contributed by atoms with E-state index in [-0.39, 0.29) is 17.2 Å². The molecule has 0 saturated heterocycles. The van der Waals surface area contributed by atoms with Crippen LogP contribution in [0, 0.1) is 5.92 Å². The highest BCUT2D eigenvalue weighted by molar-refractivity contribution is 8.02. The molecule has 1 N–H and O–H groups in total. The zero-order valence-corrected chi connectivity index (χ0v) is 14.4. The van der Waals surface area contributed by atoms with Crippen molar-refractivity contribution in [3.8, 4) is 0 Å². The van der Waals surface area contributed by atoms with E-state index in [1.807, 2.05) is 31.2 Å². The molecule has 1 aliphatic carbocycles. The molecule has 4 nitrogen and oxygen atoms in total. The van der Waals surface area contributed by atoms with Gasteiger partial charge in [-0.15, -0.1) is 10.2 Å². The first-order chi connectivity index (χ1) is 10.6. The van der Waals surface area contributed by atoms with E-state index in [0.29, 0.717) is 10.9 Å². The molecule has 1 fully saturated rings. The summed E-state index contributed by atoms with van der Waals surface area (Å²) in [6.45, 7) is 1.90. The summed E-state index contributed by atoms with van der Waals surface area (Å²) < 4.78 is 0.817. The highest BCUT2D eigenvalue weighted by Gasteiger charge is 2.34. The summed E-state index contributed by atoms with van der Waals surface area (Å²) in [6, 6.07) is 7.81. The maximum absolute atomic E-state index is 12.5. The summed E-state index contributed by atoms with van der Waals surface area (Å²) in [5.74, 6) is 0.566. The Hall–Kier alpha value is -1.11. The van der Waals surface area contributed by atoms with Gasteiger partial charge in [0, 0.05) is 5.02 Å². The molecule has 0 aliphatic heterocycles. The van der Waals surface area contributed by atoms with Gasteiger partial charge in [-0.2, -0.15) is 0 Å². The summed E-state index contributed by atoms with van der Waals surface area (Å²) >= 11 is 8.84. The summed E-state index contributed by atoms with van der Waals surface area (Å²) in [5, 5.41) is 11.5. The molecule has 22 heavy (non-hydrogen) atoms. The lowest BCUT2D eigenvalue weighted by Crippen LogP contribution is -2.35. The SMILES string of the molecule is C[C@H](Sc1nncs1)C(=O)N[C@H](c1ccc(Cl)cc1)C1CC1. The first kappa shape index (κ1) is 15.8. The van der Waals surface area contributed by atoms with Crippen molar-refractivity contribution < 1.29 is 4.79 Å². The molecular formula is C15H16ClN3OS2. The Bertz CT molecular complexity index is 629. The van der Waals surface area contributed by atoms with Crippen molar-refractivity contribution in [1.82, 2.24) is 15.5 Å². The number of hydrogen-bond acceptors (Lipinski definition) is 5. The van der Waals surface area contributed by atoms with E-state index < -0.39 is 0 Å². The maximum Gasteiger partial charge on any atom is 0.233 e. The van der Waals surface area contributed by atoms with Crippen molar-refractivity contribution in [2.45, 2.75) is 35.4 Å². The second-order valence-corrected chi connectivity index (χ2v) is 8.20. The summed E-state index contributed by atoms with van der Waals surface area (Å²) in [6.07, 6.45) is 2.32. The van der Waals surface area contributed by atoms with Crippen LogP contribution in [0.1, 0.15) is 31.4 Å². The number of amides is 1. The number of nitrogens with zero attached hydrogens (tertiary/aromatic N) is 2. The van der Waals surface area contributed by atoms with E-state index >= 15 is 0 Å². The molecule has 0 spiro atoms. The number of thioether (sulfide) groups is 1. The van der Waals surface area contributed by atoms with Crippen LogP contribution in [0.5, 0.6) is 0 Å². The van der Waals surface area contributed by atoms with Crippen LogP contribution in [0.3, 0.4) is 0 Å². The molecule has 2 aromatic rings. The Labute approximate surface area is 142 Å². The molecule has 1 saturated carbocycles. The van der Waals surface area contributed by atoms with Gasteiger partial charge in [0.2, 0.25) is 5.91 Å². The van der Waals surface area contributed by atoms with Crippen molar-refractivity contribution in [3.63, 3.8) is 0 Å². The molecule has 0 unspecified atom stereocenters. The van der Waals surface area contributed by atoms with Gasteiger partial charge >= 0.3 is 0 Å². The van der Waals surface area contributed by atoms with Gasteiger partial charge in [0.15, 0.2) is 4.34 Å². The van der Waals surface area contributed by atoms with Crippen molar-refractivity contribution >= 4 is 40.6 Å². The van der Waals surface area contributed by atoms with Crippen LogP contribution in [-0.2, 0) is 4.79 Å². The predicted octanol–water partition coefficient (Wildman–Crippen LogP) is 3.94. The molecule has 3 rings (SSSR count). The van der Waals surface area contributed by atoms with E-state index in [4.69, 9.17) is 11.6 Å². The summed E-state index contributed by atoms with van der Waals surface area (Å²) in [7, 11) is 0. The fourth-order valence-electron chi connectivity index (χ4n) is 2.26. The molecule has 1 amide bonds. The summed E-state index contributed by atoms with van der Waals surface area (Å²) in [4.78, 5) is 12.5. The lowest BCUT2D eigenvalue weighted by atomic mass is 10.0. The monoisotopic (exact) mass is 353 g/mol. The number of carbonyl (C=O) groups is 1. The molecule has 1 aliphatic rings. The molecule has 2 atom stereocenters. The van der Waals surface area contributed by atoms with Crippen LogP contribution < -0.4 is 5.32 Å². The van der Waals surface area contributed by atoms with Gasteiger partial charge in [0.1, 0.15) is 5.51 Å². The van der Waals surface area contributed by atoms with Crippen LogP contribution in [0.4, 0.5) is 0 Å². The predicted molar refractivity (Wildman–Crippen MR) is 90.3 cm³/mol. The van der Waals surface area contributed by atoms with Crippen LogP contribution in [-0.4, -0.2) is 21.4 Å². The summed E-state index contributed by atoms with van der Waals surface area (Å²) in [5.41, 5.74) is 2.79. The first-order valence-electron chi connectivity index (χ1n) is 7.12. The number of halogens is 1. The van der Waals surface area contributed by atoms with Crippen LogP contribution in [0.2, 0.25) is 5.02 Å². The molecule has 7 heteroatoms. The van der Waals surface area contributed by atoms with Gasteiger partial charge in [0.25, 0.3) is 0 Å². The van der Waals surface area contributed by atoms with E-state index in [9.17, 15) is 4.79 Å². The minimum atomic E-state index is -0.193. The molecule has 1 aromatic heterocycles. The third-order valence-corrected chi connectivity index (χ3v) is 5.77. The second-order valence-electron chi connectivity index (χ2n) is 5.34. The Kier molecular flexibility index (Phi) is 5.00. The molecule has 1 aromatic carbocycles. The minimum Gasteiger partial charge on any atom is -0.348 e. The van der Waals surface area contributed by atoms with Gasteiger partial charge in [0.05, 0.1) is 11.3 Å². The minimum absolute atomic E-state index is 0.0343. The van der Waals surface area contributed by atoms with Crippen LogP contribution in [0.25, 0.3) is 0 Å². The van der Waals surface area contributed by atoms with Gasteiger partial charge in [-0.25, -0.2) is 0 Å². The van der Waals surface area contributed by atoms with Crippen molar-refractivity contribution in [2.24, 2.45) is 5.92 Å². The molecule has 116 valence electrons. The van der Waals surface area contributed by atoms with Gasteiger partial charge in [-0.1, -0.05) is 46.8 Å². The smallest absolute Gasteiger partial charge is 0.233 e. The molecule has 0 bridgehead atoms. The first-order valence-corrected chi connectivity index (χ1v) is 9.26. The number of carbonyl (C=O) groups excluding carboxylic acids is 1. The number of nitrogens with one attached hydrogen (secondary N) is 1. The Balaban J connectivity index is 1.65. The van der Waals surface area contributed by atoms with Crippen molar-refractivity contribution in [3.05, 3.63) is 40.4 Å². The maximum atomic E-state index is 12.5. The normalized spacial score (nSPS) is 17.0. The van der Waals surface area contributed by atoms with Crippen LogP contribution in [0.15, 0.2) is 34.1 Å². The largest absolute Gasteiger partial charge is 0.348 e. The number of benzene rings is 1. The zero-order valence-electron chi connectivity index (χ0n) is 12.0. The fourth-order valence-corrected chi connectivity index (χ4v) is 4.02. The van der Waals surface area contributed by atoms with E-state index in [1.165, 1.54) is 23.1 Å². The fraction of sp³-hybridized carbons (Fsp3) is 0.400. The van der Waals surface area contributed by atoms with Gasteiger partial charge < -0.3 is 5.32 Å².